The zero-order valence-electron chi connectivity index (χ0n) is 17.0. The van der Waals surface area contributed by atoms with E-state index in [1.165, 1.54) is 11.6 Å². The number of halogens is 1. The van der Waals surface area contributed by atoms with Crippen molar-refractivity contribution in [1.29, 1.82) is 0 Å². The monoisotopic (exact) mass is 388 g/mol. The number of pyridine rings is 1. The van der Waals surface area contributed by atoms with Crippen molar-refractivity contribution in [2.75, 3.05) is 0 Å². The maximum absolute atomic E-state index is 13.8. The second kappa shape index (κ2) is 8.45. The fourth-order valence-electron chi connectivity index (χ4n) is 3.57. The van der Waals surface area contributed by atoms with Gasteiger partial charge in [-0.3, -0.25) is 15.0 Å². The topological polar surface area (TPSA) is 73.7 Å². The van der Waals surface area contributed by atoms with Gasteiger partial charge in [0.1, 0.15) is 5.82 Å². The van der Waals surface area contributed by atoms with Gasteiger partial charge in [0.2, 0.25) is 0 Å². The minimum atomic E-state index is -0.202. The summed E-state index contributed by atoms with van der Waals surface area (Å²) >= 11 is 0. The number of fused-ring (bicyclic) bond motifs is 1. The van der Waals surface area contributed by atoms with Crippen molar-refractivity contribution in [3.8, 4) is 22.4 Å². The zero-order valence-corrected chi connectivity index (χ0v) is 17.0. The molecule has 0 unspecified atom stereocenters. The lowest BCUT2D eigenvalue weighted by Gasteiger charge is -2.15. The molecule has 4 rings (SSSR count). The third-order valence-electron chi connectivity index (χ3n) is 5.12. The Morgan fingerprint density at radius 3 is 2.24 bits per heavy atom. The average Bonchev–Trinajstić information content (AvgIpc) is 2.74. The lowest BCUT2D eigenvalue weighted by atomic mass is 9.94. The van der Waals surface area contributed by atoms with E-state index in [0.29, 0.717) is 5.56 Å². The van der Waals surface area contributed by atoms with E-state index in [4.69, 9.17) is 4.98 Å². The van der Waals surface area contributed by atoms with Crippen LogP contribution in [0, 0.1) is 12.7 Å². The Balaban J connectivity index is 0.00000240. The minimum Gasteiger partial charge on any atom is -0.344 e. The molecule has 4 nitrogen and oxygen atoms in total. The van der Waals surface area contributed by atoms with Crippen LogP contribution in [0.3, 0.4) is 0 Å². The first-order valence-corrected chi connectivity index (χ1v) is 9.61. The van der Waals surface area contributed by atoms with Crippen molar-refractivity contribution in [3.63, 3.8) is 0 Å². The minimum absolute atomic E-state index is 0. The van der Waals surface area contributed by atoms with E-state index < -0.39 is 0 Å². The van der Waals surface area contributed by atoms with E-state index in [9.17, 15) is 4.39 Å². The fraction of sp³-hybridized carbons (Fsp3) is 0.208. The van der Waals surface area contributed by atoms with E-state index in [-0.39, 0.29) is 12.0 Å². The van der Waals surface area contributed by atoms with Crippen LogP contribution >= 0.6 is 0 Å². The second-order valence-electron chi connectivity index (χ2n) is 6.92. The molecule has 4 aromatic rings. The first kappa shape index (κ1) is 20.6. The lowest BCUT2D eigenvalue weighted by Crippen LogP contribution is -2.01. The third kappa shape index (κ3) is 3.87. The molecule has 29 heavy (non-hydrogen) atoms. The van der Waals surface area contributed by atoms with Gasteiger partial charge in [-0.25, -0.2) is 4.39 Å². The Labute approximate surface area is 170 Å². The van der Waals surface area contributed by atoms with Crippen LogP contribution in [0.4, 0.5) is 4.39 Å². The molecular weight excluding hydrogens is 363 g/mol. The normalized spacial score (nSPS) is 10.8. The van der Waals surface area contributed by atoms with Crippen LogP contribution in [0.1, 0.15) is 30.7 Å². The molecule has 0 aliphatic carbocycles. The standard InChI is InChI=1S/C24H22FN3.H3N/c1-4-16-13-19(17-7-9-22-23(14-17)27-11-10-26-22)24(28-21(16)5-2)18-6-8-20(25)15(3)12-18;/h6-14H,4-5H2,1-3H3;1H3. The largest absolute Gasteiger partial charge is 0.344 e. The number of aromatic nitrogens is 3. The molecule has 148 valence electrons. The van der Waals surface area contributed by atoms with Crippen LogP contribution in [-0.4, -0.2) is 15.0 Å². The van der Waals surface area contributed by atoms with Crippen LogP contribution in [0.2, 0.25) is 0 Å². The van der Waals surface area contributed by atoms with Crippen LogP contribution in [0.15, 0.2) is 54.9 Å². The lowest BCUT2D eigenvalue weighted by molar-refractivity contribution is 0.619. The first-order chi connectivity index (χ1) is 13.6. The van der Waals surface area contributed by atoms with Gasteiger partial charge in [0.15, 0.2) is 0 Å². The van der Waals surface area contributed by atoms with Gasteiger partial charge in [-0.15, -0.1) is 0 Å². The highest BCUT2D eigenvalue weighted by Gasteiger charge is 2.15. The summed E-state index contributed by atoms with van der Waals surface area (Å²) in [6.45, 7) is 6.05. The molecule has 2 aromatic heterocycles. The Bertz CT molecular complexity index is 1170. The second-order valence-corrected chi connectivity index (χ2v) is 6.92. The van der Waals surface area contributed by atoms with Gasteiger partial charge >= 0.3 is 0 Å². The molecule has 3 N–H and O–H groups in total. The van der Waals surface area contributed by atoms with Gasteiger partial charge in [-0.1, -0.05) is 19.9 Å². The molecule has 0 spiro atoms. The summed E-state index contributed by atoms with van der Waals surface area (Å²) in [4.78, 5) is 13.8. The van der Waals surface area contributed by atoms with Crippen LogP contribution in [0.25, 0.3) is 33.4 Å². The summed E-state index contributed by atoms with van der Waals surface area (Å²) in [5.41, 5.74) is 8.52. The van der Waals surface area contributed by atoms with Gasteiger partial charge in [-0.05, 0) is 72.9 Å². The highest BCUT2D eigenvalue weighted by molar-refractivity contribution is 5.87. The van der Waals surface area contributed by atoms with Crippen molar-refractivity contribution in [1.82, 2.24) is 21.1 Å². The average molecular weight is 388 g/mol. The molecule has 0 aliphatic heterocycles. The summed E-state index contributed by atoms with van der Waals surface area (Å²) in [7, 11) is 0. The van der Waals surface area contributed by atoms with Crippen LogP contribution in [-0.2, 0) is 12.8 Å². The molecule has 0 saturated heterocycles. The van der Waals surface area contributed by atoms with Crippen molar-refractivity contribution >= 4 is 11.0 Å². The Morgan fingerprint density at radius 2 is 1.55 bits per heavy atom. The molecule has 2 heterocycles. The summed E-state index contributed by atoms with van der Waals surface area (Å²) in [5, 5.41) is 0. The van der Waals surface area contributed by atoms with E-state index in [0.717, 1.165) is 52.0 Å². The molecule has 2 aromatic carbocycles. The number of hydrogen-bond acceptors (Lipinski definition) is 4. The number of benzene rings is 2. The van der Waals surface area contributed by atoms with E-state index in [1.54, 1.807) is 25.4 Å². The number of rotatable bonds is 4. The van der Waals surface area contributed by atoms with Gasteiger partial charge in [0, 0.05) is 29.2 Å². The molecular formula is C24H25FN4. The molecule has 0 amide bonds. The van der Waals surface area contributed by atoms with E-state index >= 15 is 0 Å². The molecule has 0 atom stereocenters. The zero-order chi connectivity index (χ0) is 19.7. The highest BCUT2D eigenvalue weighted by atomic mass is 19.1. The molecule has 5 heteroatoms. The summed E-state index contributed by atoms with van der Waals surface area (Å²) < 4.78 is 13.8. The summed E-state index contributed by atoms with van der Waals surface area (Å²) in [6, 6.07) is 13.5. The van der Waals surface area contributed by atoms with Crippen molar-refractivity contribution in [2.24, 2.45) is 0 Å². The fourth-order valence-corrected chi connectivity index (χ4v) is 3.57. The number of hydrogen-bond donors (Lipinski definition) is 1. The van der Waals surface area contributed by atoms with Crippen molar-refractivity contribution in [3.05, 3.63) is 77.5 Å². The maximum atomic E-state index is 13.8. The van der Waals surface area contributed by atoms with Crippen molar-refractivity contribution < 1.29 is 4.39 Å². The van der Waals surface area contributed by atoms with Gasteiger partial charge in [0.05, 0.1) is 16.7 Å². The predicted octanol–water partition coefficient (Wildman–Crippen LogP) is 6.09. The SMILES string of the molecule is CCc1cc(-c2ccc3nccnc3c2)c(-c2ccc(F)c(C)c2)nc1CC.N. The predicted molar refractivity (Wildman–Crippen MR) is 117 cm³/mol. The number of nitrogens with zero attached hydrogens (tertiary/aromatic N) is 3. The Morgan fingerprint density at radius 1 is 0.828 bits per heavy atom. The highest BCUT2D eigenvalue weighted by Crippen LogP contribution is 2.34. The molecule has 0 saturated carbocycles. The quantitative estimate of drug-likeness (QED) is 0.459. The molecule has 0 fully saturated rings. The van der Waals surface area contributed by atoms with Gasteiger partial charge < -0.3 is 6.15 Å². The van der Waals surface area contributed by atoms with E-state index in [2.05, 4.69) is 35.9 Å². The first-order valence-electron chi connectivity index (χ1n) is 9.61. The Hall–Kier alpha value is -3.18. The summed E-state index contributed by atoms with van der Waals surface area (Å²) in [6.07, 6.45) is 5.17. The number of aryl methyl sites for hydroxylation is 3. The molecule has 0 aliphatic rings. The van der Waals surface area contributed by atoms with Crippen molar-refractivity contribution in [2.45, 2.75) is 33.6 Å². The third-order valence-corrected chi connectivity index (χ3v) is 5.12. The Kier molecular flexibility index (Phi) is 5.99. The van der Waals surface area contributed by atoms with E-state index in [1.807, 2.05) is 18.2 Å². The van der Waals surface area contributed by atoms with Gasteiger partial charge in [0.25, 0.3) is 0 Å². The van der Waals surface area contributed by atoms with Gasteiger partial charge in [-0.2, -0.15) is 0 Å². The maximum Gasteiger partial charge on any atom is 0.126 e. The smallest absolute Gasteiger partial charge is 0.126 e. The van der Waals surface area contributed by atoms with Crippen LogP contribution in [0.5, 0.6) is 0 Å². The molecule has 0 bridgehead atoms. The molecule has 0 radical (unpaired) electrons. The summed E-state index contributed by atoms with van der Waals surface area (Å²) in [5.74, 6) is -0.202. The van der Waals surface area contributed by atoms with Crippen LogP contribution < -0.4 is 6.15 Å².